The smallest absolute Gasteiger partial charge is 0.267 e. The molecule has 0 spiro atoms. The second kappa shape index (κ2) is 7.65. The second-order valence-corrected chi connectivity index (χ2v) is 8.98. The van der Waals surface area contributed by atoms with Crippen molar-refractivity contribution in [2.45, 2.75) is 26.7 Å². The van der Waals surface area contributed by atoms with E-state index in [1.165, 1.54) is 12.0 Å². The van der Waals surface area contributed by atoms with Crippen molar-refractivity contribution in [2.24, 2.45) is 22.4 Å². The summed E-state index contributed by atoms with van der Waals surface area (Å²) in [4.78, 5) is 13.0. The van der Waals surface area contributed by atoms with Crippen LogP contribution in [-0.2, 0) is 0 Å². The van der Waals surface area contributed by atoms with E-state index < -0.39 is 0 Å². The molecule has 2 unspecified atom stereocenters. The fraction of sp³-hybridized carbons (Fsp3) is 0.269. The molecule has 1 saturated carbocycles. The van der Waals surface area contributed by atoms with Gasteiger partial charge in [0, 0.05) is 11.8 Å². The second-order valence-electron chi connectivity index (χ2n) is 8.98. The van der Waals surface area contributed by atoms with Gasteiger partial charge in [0.1, 0.15) is 5.69 Å². The van der Waals surface area contributed by atoms with Gasteiger partial charge in [-0.25, -0.2) is 10.1 Å². The Labute approximate surface area is 182 Å². The molecule has 0 aliphatic heterocycles. The van der Waals surface area contributed by atoms with Crippen molar-refractivity contribution in [1.29, 1.82) is 0 Å². The van der Waals surface area contributed by atoms with E-state index in [1.807, 2.05) is 66.9 Å². The van der Waals surface area contributed by atoms with Gasteiger partial charge in [-0.3, -0.25) is 4.79 Å². The maximum atomic E-state index is 13.0. The van der Waals surface area contributed by atoms with Gasteiger partial charge in [-0.1, -0.05) is 68.5 Å². The summed E-state index contributed by atoms with van der Waals surface area (Å²) in [6.07, 6.45) is 8.18. The van der Waals surface area contributed by atoms with Crippen molar-refractivity contribution in [2.75, 3.05) is 0 Å². The molecule has 3 aliphatic rings. The van der Waals surface area contributed by atoms with Crippen LogP contribution in [0, 0.1) is 17.3 Å². The highest BCUT2D eigenvalue weighted by Crippen LogP contribution is 2.58. The maximum absolute atomic E-state index is 13.0. The lowest BCUT2D eigenvalue weighted by Gasteiger charge is -2.55. The Bertz CT molecular complexity index is 1160. The first-order valence-electron chi connectivity index (χ1n) is 10.8. The molecule has 0 radical (unpaired) electrons. The van der Waals surface area contributed by atoms with Crippen LogP contribution in [0.15, 0.2) is 83.6 Å². The number of carbonyl (C=O) groups excluding carboxylic acids is 1. The van der Waals surface area contributed by atoms with E-state index in [4.69, 9.17) is 5.10 Å². The van der Waals surface area contributed by atoms with Gasteiger partial charge in [0.25, 0.3) is 5.91 Å². The maximum Gasteiger partial charge on any atom is 0.275 e. The van der Waals surface area contributed by atoms with Crippen molar-refractivity contribution in [3.8, 4) is 16.9 Å². The summed E-state index contributed by atoms with van der Waals surface area (Å²) >= 11 is 0. The molecule has 1 fully saturated rings. The summed E-state index contributed by atoms with van der Waals surface area (Å²) < 4.78 is 1.74. The molecule has 3 aliphatic carbocycles. The normalized spacial score (nSPS) is 21.4. The predicted molar refractivity (Wildman–Crippen MR) is 123 cm³/mol. The molecule has 1 aromatic heterocycles. The lowest BCUT2D eigenvalue weighted by molar-refractivity contribution is -0.00126. The van der Waals surface area contributed by atoms with E-state index in [-0.39, 0.29) is 5.91 Å². The molecule has 3 aromatic rings. The number of rotatable bonds is 5. The van der Waals surface area contributed by atoms with Crippen LogP contribution in [0.3, 0.4) is 0 Å². The van der Waals surface area contributed by atoms with E-state index in [1.54, 1.807) is 10.9 Å². The minimum absolute atomic E-state index is 0.264. The summed E-state index contributed by atoms with van der Waals surface area (Å²) in [6.45, 7) is 4.66. The first kappa shape index (κ1) is 19.5. The Hall–Kier alpha value is -3.47. The van der Waals surface area contributed by atoms with Gasteiger partial charge >= 0.3 is 0 Å². The van der Waals surface area contributed by atoms with Gasteiger partial charge in [-0.05, 0) is 47.8 Å². The van der Waals surface area contributed by atoms with Gasteiger partial charge in [0.15, 0.2) is 0 Å². The average Bonchev–Trinajstić information content (AvgIpc) is 3.26. The molecule has 2 aromatic carbocycles. The molecule has 31 heavy (non-hydrogen) atoms. The number of nitrogens with one attached hydrogen (secondary N) is 1. The summed E-state index contributed by atoms with van der Waals surface area (Å²) in [7, 11) is 0. The number of amides is 1. The standard InChI is InChI=1S/C26H26N4O/c1-26(2)20-14-13-19(23(26)15-20)16-27-28-25(31)22-17-30(21-11-7-4-8-12-21)29-24(22)18-9-5-3-6-10-18/h3-13,16-17,20,23H,14-15H2,1-2H3,(H,28,31)/b27-16+. The van der Waals surface area contributed by atoms with Crippen LogP contribution in [-0.4, -0.2) is 21.9 Å². The zero-order valence-corrected chi connectivity index (χ0v) is 17.8. The molecule has 2 atom stereocenters. The van der Waals surface area contributed by atoms with Crippen LogP contribution in [0.4, 0.5) is 0 Å². The van der Waals surface area contributed by atoms with Crippen LogP contribution >= 0.6 is 0 Å². The van der Waals surface area contributed by atoms with Crippen molar-refractivity contribution >= 4 is 12.1 Å². The number of hydrogen-bond acceptors (Lipinski definition) is 3. The average molecular weight is 411 g/mol. The minimum atomic E-state index is -0.264. The third kappa shape index (κ3) is 3.50. The molecule has 1 N–H and O–H groups in total. The van der Waals surface area contributed by atoms with Crippen molar-refractivity contribution < 1.29 is 4.79 Å². The number of fused-ring (bicyclic) bond motifs is 1. The van der Waals surface area contributed by atoms with Gasteiger partial charge in [-0.2, -0.15) is 10.2 Å². The van der Waals surface area contributed by atoms with Crippen molar-refractivity contribution in [3.05, 3.63) is 84.1 Å². The fourth-order valence-corrected chi connectivity index (χ4v) is 4.83. The summed E-state index contributed by atoms with van der Waals surface area (Å²) in [6, 6.07) is 19.5. The van der Waals surface area contributed by atoms with Gasteiger partial charge < -0.3 is 0 Å². The van der Waals surface area contributed by atoms with E-state index in [0.717, 1.165) is 23.6 Å². The fourth-order valence-electron chi connectivity index (χ4n) is 4.83. The van der Waals surface area contributed by atoms with Crippen LogP contribution in [0.2, 0.25) is 0 Å². The van der Waals surface area contributed by atoms with Crippen LogP contribution in [0.25, 0.3) is 16.9 Å². The van der Waals surface area contributed by atoms with Crippen molar-refractivity contribution in [1.82, 2.24) is 15.2 Å². The summed E-state index contributed by atoms with van der Waals surface area (Å²) in [5.74, 6) is 1.05. The van der Waals surface area contributed by atoms with Crippen LogP contribution < -0.4 is 5.43 Å². The zero-order valence-electron chi connectivity index (χ0n) is 17.8. The molecule has 2 bridgehead atoms. The molecule has 5 nitrogen and oxygen atoms in total. The van der Waals surface area contributed by atoms with Crippen molar-refractivity contribution in [3.63, 3.8) is 0 Å². The Morgan fingerprint density at radius 1 is 1.13 bits per heavy atom. The Balaban J connectivity index is 1.40. The first-order chi connectivity index (χ1) is 15.0. The summed E-state index contributed by atoms with van der Waals surface area (Å²) in [5, 5.41) is 9.00. The number of para-hydroxylation sites is 1. The highest BCUT2D eigenvalue weighted by atomic mass is 16.2. The quantitative estimate of drug-likeness (QED) is 0.461. The van der Waals surface area contributed by atoms with Gasteiger partial charge in [0.2, 0.25) is 0 Å². The lowest BCUT2D eigenvalue weighted by atomic mass is 9.49. The van der Waals surface area contributed by atoms with Gasteiger partial charge in [-0.15, -0.1) is 0 Å². The van der Waals surface area contributed by atoms with E-state index >= 15 is 0 Å². The lowest BCUT2D eigenvalue weighted by Crippen LogP contribution is -2.48. The highest BCUT2D eigenvalue weighted by molar-refractivity contribution is 6.00. The topological polar surface area (TPSA) is 59.3 Å². The number of carbonyl (C=O) groups is 1. The molecule has 1 amide bonds. The van der Waals surface area contributed by atoms with E-state index in [0.29, 0.717) is 22.6 Å². The number of allylic oxidation sites excluding steroid dienone is 2. The Morgan fingerprint density at radius 2 is 1.84 bits per heavy atom. The zero-order chi connectivity index (χ0) is 21.4. The number of nitrogens with zero attached hydrogens (tertiary/aromatic N) is 3. The first-order valence-corrected chi connectivity index (χ1v) is 10.8. The Morgan fingerprint density at radius 3 is 2.52 bits per heavy atom. The summed E-state index contributed by atoms with van der Waals surface area (Å²) in [5.41, 5.74) is 7.21. The third-order valence-corrected chi connectivity index (χ3v) is 6.92. The monoisotopic (exact) mass is 410 g/mol. The molecule has 156 valence electrons. The van der Waals surface area contributed by atoms with Crippen LogP contribution in [0.1, 0.15) is 37.0 Å². The molecule has 5 heteroatoms. The SMILES string of the molecule is CC1(C)C2CC=C(/C=N/NC(=O)c3cn(-c4ccccc4)nc3-c3ccccc3)C1C2. The highest BCUT2D eigenvalue weighted by Gasteiger charge is 2.50. The molecule has 1 heterocycles. The third-order valence-electron chi connectivity index (χ3n) is 6.92. The molecule has 0 saturated heterocycles. The van der Waals surface area contributed by atoms with Crippen LogP contribution in [0.5, 0.6) is 0 Å². The molecular weight excluding hydrogens is 384 g/mol. The van der Waals surface area contributed by atoms with E-state index in [9.17, 15) is 4.79 Å². The largest absolute Gasteiger partial charge is 0.275 e. The number of hydrazone groups is 1. The number of benzene rings is 2. The Kier molecular flexibility index (Phi) is 4.81. The van der Waals surface area contributed by atoms with E-state index in [2.05, 4.69) is 30.5 Å². The number of aromatic nitrogens is 2. The molecule has 6 rings (SSSR count). The van der Waals surface area contributed by atoms with Gasteiger partial charge in [0.05, 0.1) is 17.5 Å². The molecular formula is C26H26N4O. The minimum Gasteiger partial charge on any atom is -0.267 e. The number of hydrogen-bond donors (Lipinski definition) is 1. The predicted octanol–water partition coefficient (Wildman–Crippen LogP) is 5.25.